The first-order valence-corrected chi connectivity index (χ1v) is 3.97. The van der Waals surface area contributed by atoms with E-state index in [1.807, 2.05) is 19.9 Å². The molecule has 2 heteroatoms. The monoisotopic (exact) mass is 162 g/mol. The first-order chi connectivity index (χ1) is 5.41. The normalized spacial score (nSPS) is 11.7. The van der Waals surface area contributed by atoms with Gasteiger partial charge in [-0.05, 0) is 29.4 Å². The molecule has 0 amide bonds. The lowest BCUT2D eigenvalue weighted by Crippen LogP contribution is -2.16. The van der Waals surface area contributed by atoms with Crippen molar-refractivity contribution in [3.63, 3.8) is 0 Å². The highest BCUT2D eigenvalue weighted by Gasteiger charge is 2.13. The number of rotatable bonds is 1. The van der Waals surface area contributed by atoms with E-state index in [1.165, 1.54) is 6.07 Å². The van der Waals surface area contributed by atoms with Crippen molar-refractivity contribution in [2.75, 3.05) is 0 Å². The fraction of sp³-hybridized carbons (Fsp3) is 0.400. The van der Waals surface area contributed by atoms with Gasteiger partial charge in [-0.3, -0.25) is 0 Å². The second-order valence-electron chi connectivity index (χ2n) is 3.69. The predicted octanol–water partition coefficient (Wildman–Crippen LogP) is 2.54. The molecule has 0 atom stereocenters. The predicted molar refractivity (Wildman–Crippen MR) is 49.9 cm³/mol. The Morgan fingerprint density at radius 2 is 1.92 bits per heavy atom. The van der Waals surface area contributed by atoms with Crippen LogP contribution < -0.4 is 0 Å². The van der Waals surface area contributed by atoms with Crippen LogP contribution in [0.5, 0.6) is 0 Å². The van der Waals surface area contributed by atoms with Crippen molar-refractivity contribution in [1.29, 1.82) is 0 Å². The van der Waals surface area contributed by atoms with Crippen LogP contribution in [0.15, 0.2) is 18.2 Å². The molecule has 62 valence electrons. The molecular formula is C10H12BF. The molecule has 0 nitrogen and oxygen atoms in total. The first kappa shape index (κ1) is 9.30. The fourth-order valence-electron chi connectivity index (χ4n) is 0.994. The highest BCUT2D eigenvalue weighted by atomic mass is 19.1. The standard InChI is InChI=1S/C10H12BF/c1-7-4-5-8(6-9(7)12)10(2,3)11/h4-6H,1-3H3. The zero-order valence-electron chi connectivity index (χ0n) is 7.69. The van der Waals surface area contributed by atoms with Crippen molar-refractivity contribution in [2.24, 2.45) is 0 Å². The number of aryl methyl sites for hydroxylation is 1. The Balaban J connectivity index is 3.14. The number of benzene rings is 1. The largest absolute Gasteiger partial charge is 0.207 e. The lowest BCUT2D eigenvalue weighted by molar-refractivity contribution is 0.611. The van der Waals surface area contributed by atoms with Crippen molar-refractivity contribution < 1.29 is 4.39 Å². The minimum Gasteiger partial charge on any atom is -0.207 e. The quantitative estimate of drug-likeness (QED) is 0.556. The zero-order chi connectivity index (χ0) is 9.35. The third kappa shape index (κ3) is 1.87. The van der Waals surface area contributed by atoms with Gasteiger partial charge in [0.2, 0.25) is 0 Å². The second kappa shape index (κ2) is 2.93. The van der Waals surface area contributed by atoms with Crippen LogP contribution in [0, 0.1) is 12.7 Å². The number of halogens is 1. The highest BCUT2D eigenvalue weighted by Crippen LogP contribution is 2.20. The minimum atomic E-state index is -0.464. The van der Waals surface area contributed by atoms with Gasteiger partial charge in [-0.25, -0.2) is 4.39 Å². The van der Waals surface area contributed by atoms with Gasteiger partial charge < -0.3 is 0 Å². The second-order valence-corrected chi connectivity index (χ2v) is 3.69. The van der Waals surface area contributed by atoms with Crippen molar-refractivity contribution in [3.05, 3.63) is 35.1 Å². The van der Waals surface area contributed by atoms with Gasteiger partial charge >= 0.3 is 0 Å². The van der Waals surface area contributed by atoms with E-state index < -0.39 is 5.31 Å². The van der Waals surface area contributed by atoms with Crippen LogP contribution in [-0.4, -0.2) is 7.85 Å². The molecule has 0 aromatic heterocycles. The molecule has 0 N–H and O–H groups in total. The van der Waals surface area contributed by atoms with E-state index in [-0.39, 0.29) is 5.82 Å². The van der Waals surface area contributed by atoms with Crippen molar-refractivity contribution in [1.82, 2.24) is 0 Å². The summed E-state index contributed by atoms with van der Waals surface area (Å²) in [4.78, 5) is 0. The molecule has 1 aromatic rings. The molecule has 0 aliphatic heterocycles. The summed E-state index contributed by atoms with van der Waals surface area (Å²) in [5, 5.41) is -0.464. The van der Waals surface area contributed by atoms with Gasteiger partial charge in [-0.15, -0.1) is 0 Å². The van der Waals surface area contributed by atoms with Crippen molar-refractivity contribution in [2.45, 2.75) is 26.1 Å². The number of hydrogen-bond donors (Lipinski definition) is 0. The molecule has 1 rings (SSSR count). The van der Waals surface area contributed by atoms with E-state index in [0.717, 1.165) is 5.56 Å². The number of hydrogen-bond acceptors (Lipinski definition) is 0. The molecule has 0 spiro atoms. The average molecular weight is 162 g/mol. The summed E-state index contributed by atoms with van der Waals surface area (Å²) in [5.74, 6) is -0.189. The molecule has 0 fully saturated rings. The van der Waals surface area contributed by atoms with Gasteiger partial charge in [-0.2, -0.15) is 0 Å². The van der Waals surface area contributed by atoms with Crippen LogP contribution in [0.1, 0.15) is 25.0 Å². The van der Waals surface area contributed by atoms with E-state index in [9.17, 15) is 4.39 Å². The molecule has 0 unspecified atom stereocenters. The topological polar surface area (TPSA) is 0 Å². The summed E-state index contributed by atoms with van der Waals surface area (Å²) in [6.07, 6.45) is 0. The Morgan fingerprint density at radius 3 is 2.33 bits per heavy atom. The summed E-state index contributed by atoms with van der Waals surface area (Å²) in [6, 6.07) is 5.10. The lowest BCUT2D eigenvalue weighted by Gasteiger charge is -2.19. The summed E-state index contributed by atoms with van der Waals surface area (Å²) in [6.45, 7) is 5.46. The molecular weight excluding hydrogens is 150 g/mol. The Kier molecular flexibility index (Phi) is 2.27. The summed E-state index contributed by atoms with van der Waals surface area (Å²) in [7, 11) is 5.81. The summed E-state index contributed by atoms with van der Waals surface area (Å²) < 4.78 is 13.1. The summed E-state index contributed by atoms with van der Waals surface area (Å²) >= 11 is 0. The Hall–Kier alpha value is -0.785. The Morgan fingerprint density at radius 1 is 1.33 bits per heavy atom. The smallest absolute Gasteiger partial charge is 0.126 e. The van der Waals surface area contributed by atoms with Crippen LogP contribution in [0.4, 0.5) is 4.39 Å². The minimum absolute atomic E-state index is 0.189. The van der Waals surface area contributed by atoms with Gasteiger partial charge in [0.25, 0.3) is 0 Å². The molecule has 12 heavy (non-hydrogen) atoms. The van der Waals surface area contributed by atoms with Gasteiger partial charge in [0.15, 0.2) is 0 Å². The van der Waals surface area contributed by atoms with E-state index in [4.69, 9.17) is 7.85 Å². The van der Waals surface area contributed by atoms with Crippen LogP contribution in [0.25, 0.3) is 0 Å². The van der Waals surface area contributed by atoms with Crippen LogP contribution in [0.3, 0.4) is 0 Å². The zero-order valence-corrected chi connectivity index (χ0v) is 7.69. The SMILES string of the molecule is [B]C(C)(C)c1ccc(C)c(F)c1. The Bertz CT molecular complexity index is 286. The first-order valence-electron chi connectivity index (χ1n) is 3.97. The highest BCUT2D eigenvalue weighted by molar-refractivity contribution is 6.15. The molecule has 1 aromatic carbocycles. The molecule has 0 saturated carbocycles. The molecule has 0 heterocycles. The van der Waals surface area contributed by atoms with Gasteiger partial charge in [0.1, 0.15) is 5.82 Å². The third-order valence-corrected chi connectivity index (χ3v) is 1.92. The van der Waals surface area contributed by atoms with Gasteiger partial charge in [0.05, 0.1) is 7.85 Å². The molecule has 2 radical (unpaired) electrons. The molecule has 0 aliphatic rings. The third-order valence-electron chi connectivity index (χ3n) is 1.92. The average Bonchev–Trinajstić information content (AvgIpc) is 1.92. The maximum Gasteiger partial charge on any atom is 0.126 e. The van der Waals surface area contributed by atoms with Gasteiger partial charge in [0, 0.05) is 0 Å². The van der Waals surface area contributed by atoms with Crippen LogP contribution in [-0.2, 0) is 5.31 Å². The molecule has 0 aliphatic carbocycles. The van der Waals surface area contributed by atoms with E-state index >= 15 is 0 Å². The fourth-order valence-corrected chi connectivity index (χ4v) is 0.994. The molecule has 0 bridgehead atoms. The van der Waals surface area contributed by atoms with Gasteiger partial charge in [-0.1, -0.05) is 26.0 Å². The van der Waals surface area contributed by atoms with E-state index in [0.29, 0.717) is 5.56 Å². The lowest BCUT2D eigenvalue weighted by atomic mass is 9.67. The van der Waals surface area contributed by atoms with Crippen LogP contribution >= 0.6 is 0 Å². The van der Waals surface area contributed by atoms with Crippen molar-refractivity contribution in [3.8, 4) is 0 Å². The maximum absolute atomic E-state index is 13.1. The van der Waals surface area contributed by atoms with Crippen molar-refractivity contribution >= 4 is 7.85 Å². The maximum atomic E-state index is 13.1. The van der Waals surface area contributed by atoms with Crippen LogP contribution in [0.2, 0.25) is 0 Å². The van der Waals surface area contributed by atoms with E-state index in [1.54, 1.807) is 13.0 Å². The Labute approximate surface area is 74.2 Å². The van der Waals surface area contributed by atoms with E-state index in [2.05, 4.69) is 0 Å². The molecule has 0 saturated heterocycles. The summed E-state index contributed by atoms with van der Waals surface area (Å²) in [5.41, 5.74) is 1.48.